The van der Waals surface area contributed by atoms with Crippen molar-refractivity contribution in [3.63, 3.8) is 0 Å². The molecule has 180 valence electrons. The molecule has 1 atom stereocenters. The van der Waals surface area contributed by atoms with E-state index in [1.54, 1.807) is 49.3 Å². The molecule has 0 aromatic heterocycles. The molecule has 2 aromatic rings. The van der Waals surface area contributed by atoms with Crippen molar-refractivity contribution in [3.8, 4) is 11.5 Å². The van der Waals surface area contributed by atoms with Gasteiger partial charge in [-0.05, 0) is 55.5 Å². The minimum absolute atomic E-state index is 0.0815. The first kappa shape index (κ1) is 23.5. The van der Waals surface area contributed by atoms with Gasteiger partial charge in [0.05, 0.1) is 13.7 Å². The van der Waals surface area contributed by atoms with Crippen LogP contribution in [0.1, 0.15) is 25.3 Å². The number of benzene rings is 2. The lowest BCUT2D eigenvalue weighted by atomic mass is 9.79. The molecule has 0 aliphatic carbocycles. The predicted molar refractivity (Wildman–Crippen MR) is 122 cm³/mol. The van der Waals surface area contributed by atoms with Gasteiger partial charge in [-0.1, -0.05) is 24.3 Å². The lowest BCUT2D eigenvalue weighted by Crippen LogP contribution is -2.54. The van der Waals surface area contributed by atoms with E-state index in [1.165, 1.54) is 17.0 Å². The minimum atomic E-state index is -1.04. The molecule has 4 rings (SSSR count). The quantitative estimate of drug-likeness (QED) is 0.630. The number of methoxy groups -OCH3 is 1. The van der Waals surface area contributed by atoms with E-state index < -0.39 is 11.6 Å². The van der Waals surface area contributed by atoms with Crippen LogP contribution in [0.4, 0.5) is 9.18 Å². The van der Waals surface area contributed by atoms with Gasteiger partial charge in [0.15, 0.2) is 18.1 Å². The van der Waals surface area contributed by atoms with E-state index in [9.17, 15) is 18.8 Å². The molecule has 2 fully saturated rings. The molecular formula is C25H28FN3O5. The lowest BCUT2D eigenvalue weighted by molar-refractivity contribution is -0.137. The fraction of sp³-hybridized carbons (Fsp3) is 0.400. The molecule has 2 saturated heterocycles. The highest BCUT2D eigenvalue weighted by atomic mass is 19.1. The Balaban J connectivity index is 1.33. The van der Waals surface area contributed by atoms with Crippen LogP contribution in [0.3, 0.4) is 0 Å². The summed E-state index contributed by atoms with van der Waals surface area (Å²) in [5, 5.41) is 2.86. The number of carbonyl (C=O) groups is 3. The van der Waals surface area contributed by atoms with Crippen LogP contribution < -0.4 is 14.8 Å². The molecule has 2 aliphatic rings. The van der Waals surface area contributed by atoms with Crippen molar-refractivity contribution < 1.29 is 28.2 Å². The van der Waals surface area contributed by atoms with Crippen molar-refractivity contribution in [1.82, 2.24) is 15.1 Å². The molecule has 0 saturated carbocycles. The van der Waals surface area contributed by atoms with E-state index in [2.05, 4.69) is 5.32 Å². The number of carbonyl (C=O) groups excluding carboxylic acids is 3. The first-order valence-electron chi connectivity index (χ1n) is 11.2. The number of rotatable bonds is 7. The first-order chi connectivity index (χ1) is 16.3. The van der Waals surface area contributed by atoms with Gasteiger partial charge >= 0.3 is 6.03 Å². The monoisotopic (exact) mass is 469 g/mol. The topological polar surface area (TPSA) is 88.2 Å². The molecule has 8 nitrogen and oxygen atoms in total. The molecule has 0 spiro atoms. The maximum absolute atomic E-state index is 13.2. The van der Waals surface area contributed by atoms with Crippen molar-refractivity contribution >= 4 is 17.8 Å². The second kappa shape index (κ2) is 9.70. The van der Waals surface area contributed by atoms with Crippen molar-refractivity contribution in [1.29, 1.82) is 0 Å². The van der Waals surface area contributed by atoms with Crippen LogP contribution in [0.5, 0.6) is 11.5 Å². The highest BCUT2D eigenvalue weighted by molar-refractivity contribution is 6.07. The Morgan fingerprint density at radius 1 is 1.09 bits per heavy atom. The Morgan fingerprint density at radius 3 is 2.38 bits per heavy atom. The van der Waals surface area contributed by atoms with Gasteiger partial charge in [0.25, 0.3) is 11.8 Å². The summed E-state index contributed by atoms with van der Waals surface area (Å²) in [6, 6.07) is 12.4. The van der Waals surface area contributed by atoms with Crippen LogP contribution in [-0.2, 0) is 16.1 Å². The van der Waals surface area contributed by atoms with Crippen LogP contribution >= 0.6 is 0 Å². The zero-order valence-corrected chi connectivity index (χ0v) is 19.3. The smallest absolute Gasteiger partial charge is 0.325 e. The Morgan fingerprint density at radius 2 is 1.74 bits per heavy atom. The number of amides is 4. The summed E-state index contributed by atoms with van der Waals surface area (Å²) < 4.78 is 24.1. The largest absolute Gasteiger partial charge is 0.493 e. The van der Waals surface area contributed by atoms with Gasteiger partial charge in [0.1, 0.15) is 11.4 Å². The van der Waals surface area contributed by atoms with Crippen LogP contribution in [0.15, 0.2) is 48.5 Å². The number of halogens is 1. The van der Waals surface area contributed by atoms with Crippen molar-refractivity contribution in [3.05, 3.63) is 59.9 Å². The van der Waals surface area contributed by atoms with Gasteiger partial charge < -0.3 is 19.7 Å². The van der Waals surface area contributed by atoms with E-state index in [0.717, 1.165) is 0 Å². The van der Waals surface area contributed by atoms with Gasteiger partial charge in [0.2, 0.25) is 0 Å². The Labute approximate surface area is 197 Å². The Kier molecular flexibility index (Phi) is 6.72. The average Bonchev–Trinajstić information content (AvgIpc) is 3.07. The van der Waals surface area contributed by atoms with Gasteiger partial charge in [-0.2, -0.15) is 0 Å². The standard InChI is InChI=1S/C25H28FN3O5/c1-25(23(31)29(24(32)27-25)15-17-7-9-19(26)10-8-17)18-11-13-28(14-12-18)22(30)16-34-21-6-4-3-5-20(21)33-2/h3-10,18H,11-16H2,1-2H3,(H,27,32)/t25-/m1/s1. The zero-order chi connectivity index (χ0) is 24.3. The molecule has 34 heavy (non-hydrogen) atoms. The number of hydrogen-bond donors (Lipinski definition) is 1. The minimum Gasteiger partial charge on any atom is -0.493 e. The molecule has 2 aliphatic heterocycles. The van der Waals surface area contributed by atoms with E-state index >= 15 is 0 Å². The van der Waals surface area contributed by atoms with E-state index in [4.69, 9.17) is 9.47 Å². The number of urea groups is 1. The van der Waals surface area contributed by atoms with Crippen LogP contribution in [0, 0.1) is 11.7 Å². The third kappa shape index (κ3) is 4.69. The Bertz CT molecular complexity index is 1070. The maximum Gasteiger partial charge on any atom is 0.325 e. The fourth-order valence-electron chi connectivity index (χ4n) is 4.58. The van der Waals surface area contributed by atoms with Crippen LogP contribution in [-0.4, -0.2) is 60.0 Å². The molecule has 4 amide bonds. The molecule has 0 radical (unpaired) electrons. The van der Waals surface area contributed by atoms with Crippen molar-refractivity contribution in [2.24, 2.45) is 5.92 Å². The predicted octanol–water partition coefficient (Wildman–Crippen LogP) is 2.96. The summed E-state index contributed by atoms with van der Waals surface area (Å²) in [6.45, 7) is 2.65. The number of nitrogens with zero attached hydrogens (tertiary/aromatic N) is 2. The lowest BCUT2D eigenvalue weighted by Gasteiger charge is -2.38. The summed E-state index contributed by atoms with van der Waals surface area (Å²) in [4.78, 5) is 41.3. The third-order valence-electron chi connectivity index (χ3n) is 6.64. The number of piperidine rings is 1. The fourth-order valence-corrected chi connectivity index (χ4v) is 4.58. The van der Waals surface area contributed by atoms with Crippen molar-refractivity contribution in [2.45, 2.75) is 31.8 Å². The zero-order valence-electron chi connectivity index (χ0n) is 19.3. The maximum atomic E-state index is 13.2. The number of hydrogen-bond acceptors (Lipinski definition) is 5. The molecule has 1 N–H and O–H groups in total. The summed E-state index contributed by atoms with van der Waals surface area (Å²) in [7, 11) is 1.54. The van der Waals surface area contributed by atoms with E-state index in [0.29, 0.717) is 43.0 Å². The highest BCUT2D eigenvalue weighted by Crippen LogP contribution is 2.34. The average molecular weight is 470 g/mol. The summed E-state index contributed by atoms with van der Waals surface area (Å²) in [5.41, 5.74) is -0.371. The molecule has 0 bridgehead atoms. The summed E-state index contributed by atoms with van der Waals surface area (Å²) in [5.74, 6) is 0.131. The van der Waals surface area contributed by atoms with Gasteiger partial charge in [0, 0.05) is 13.1 Å². The SMILES string of the molecule is COc1ccccc1OCC(=O)N1CCC([C@@]2(C)NC(=O)N(Cc3ccc(F)cc3)C2=O)CC1. The van der Waals surface area contributed by atoms with Gasteiger partial charge in [-0.15, -0.1) is 0 Å². The molecule has 9 heteroatoms. The molecule has 2 aromatic carbocycles. The van der Waals surface area contributed by atoms with Crippen LogP contribution in [0.25, 0.3) is 0 Å². The number of likely N-dealkylation sites (tertiary alicyclic amines) is 1. The van der Waals surface area contributed by atoms with Crippen LogP contribution in [0.2, 0.25) is 0 Å². The van der Waals surface area contributed by atoms with E-state index in [-0.39, 0.29) is 36.7 Å². The van der Waals surface area contributed by atoms with Crippen molar-refractivity contribution in [2.75, 3.05) is 26.8 Å². The Hall–Kier alpha value is -3.62. The molecule has 2 heterocycles. The highest BCUT2D eigenvalue weighted by Gasteiger charge is 2.52. The van der Waals surface area contributed by atoms with Gasteiger partial charge in [-0.3, -0.25) is 14.5 Å². The molecular weight excluding hydrogens is 441 g/mol. The number of imide groups is 1. The second-order valence-electron chi connectivity index (χ2n) is 8.74. The molecule has 0 unspecified atom stereocenters. The normalized spacial score (nSPS) is 20.9. The third-order valence-corrected chi connectivity index (χ3v) is 6.64. The van der Waals surface area contributed by atoms with Gasteiger partial charge in [-0.25, -0.2) is 9.18 Å². The first-order valence-corrected chi connectivity index (χ1v) is 11.2. The number of para-hydroxylation sites is 2. The van der Waals surface area contributed by atoms with E-state index in [1.807, 2.05) is 6.07 Å². The number of nitrogens with one attached hydrogen (secondary N) is 1. The summed E-state index contributed by atoms with van der Waals surface area (Å²) >= 11 is 0. The second-order valence-corrected chi connectivity index (χ2v) is 8.74. The number of ether oxygens (including phenoxy) is 2. The summed E-state index contributed by atoms with van der Waals surface area (Å²) in [6.07, 6.45) is 1.15.